The highest BCUT2D eigenvalue weighted by Crippen LogP contribution is 2.48. The van der Waals surface area contributed by atoms with Crippen LogP contribution in [0.3, 0.4) is 0 Å². The van der Waals surface area contributed by atoms with Crippen molar-refractivity contribution in [3.8, 4) is 0 Å². The van der Waals surface area contributed by atoms with E-state index in [-0.39, 0.29) is 11.5 Å². The molecular weight excluding hydrogens is 281 g/mol. The van der Waals surface area contributed by atoms with Gasteiger partial charge in [-0.25, -0.2) is 0 Å². The summed E-state index contributed by atoms with van der Waals surface area (Å²) in [5.74, 6) is -0.352. The van der Waals surface area contributed by atoms with Crippen LogP contribution in [0.5, 0.6) is 0 Å². The standard InChI is InChI=1S/C11H9F3N2O4/c12-11(13,14)7-4-9(16(19)20)8(15-10(17)18)3-6(7)5-1-2-5/h3-5,15H,1-2H2,(H,17,18)/p-1. The minimum absolute atomic E-state index is 0.133. The normalized spacial score (nSPS) is 14.9. The molecule has 2 rings (SSSR count). The van der Waals surface area contributed by atoms with E-state index in [0.29, 0.717) is 18.9 Å². The first-order chi connectivity index (χ1) is 9.20. The predicted molar refractivity (Wildman–Crippen MR) is 59.1 cm³/mol. The second kappa shape index (κ2) is 4.66. The molecule has 9 heteroatoms. The van der Waals surface area contributed by atoms with E-state index in [2.05, 4.69) is 0 Å². The van der Waals surface area contributed by atoms with Gasteiger partial charge in [-0.1, -0.05) is 0 Å². The zero-order valence-corrected chi connectivity index (χ0v) is 9.86. The van der Waals surface area contributed by atoms with Gasteiger partial charge in [0, 0.05) is 6.07 Å². The monoisotopic (exact) mass is 289 g/mol. The predicted octanol–water partition coefficient (Wildman–Crippen LogP) is 2.25. The number of nitrogens with zero attached hydrogens (tertiary/aromatic N) is 1. The van der Waals surface area contributed by atoms with E-state index >= 15 is 0 Å². The van der Waals surface area contributed by atoms with Gasteiger partial charge in [-0.05, 0) is 30.4 Å². The number of hydrogen-bond acceptors (Lipinski definition) is 4. The van der Waals surface area contributed by atoms with Gasteiger partial charge in [-0.3, -0.25) is 10.1 Å². The summed E-state index contributed by atoms with van der Waals surface area (Å²) in [6.45, 7) is 0. The first-order valence-electron chi connectivity index (χ1n) is 5.57. The fraction of sp³-hybridized carbons (Fsp3) is 0.364. The number of hydrogen-bond donors (Lipinski definition) is 1. The molecule has 0 saturated heterocycles. The van der Waals surface area contributed by atoms with Crippen LogP contribution in [0.1, 0.15) is 29.9 Å². The Morgan fingerprint density at radius 1 is 1.35 bits per heavy atom. The van der Waals surface area contributed by atoms with Crippen molar-refractivity contribution >= 4 is 17.5 Å². The van der Waals surface area contributed by atoms with Crippen LogP contribution in [0.25, 0.3) is 0 Å². The molecule has 0 unspecified atom stereocenters. The van der Waals surface area contributed by atoms with Crippen LogP contribution in [-0.4, -0.2) is 11.0 Å². The Balaban J connectivity index is 2.61. The zero-order valence-electron chi connectivity index (χ0n) is 9.86. The number of carboxylic acid groups (broad SMARTS) is 1. The molecule has 1 aromatic rings. The molecule has 0 spiro atoms. The Bertz CT molecular complexity index is 582. The first kappa shape index (κ1) is 14.1. The van der Waals surface area contributed by atoms with Gasteiger partial charge in [-0.15, -0.1) is 0 Å². The number of benzene rings is 1. The number of alkyl halides is 3. The van der Waals surface area contributed by atoms with Gasteiger partial charge < -0.3 is 15.2 Å². The summed E-state index contributed by atoms with van der Waals surface area (Å²) in [6, 6.07) is 1.23. The molecule has 6 nitrogen and oxygen atoms in total. The van der Waals surface area contributed by atoms with Crippen LogP contribution in [-0.2, 0) is 6.18 Å². The molecule has 1 aliphatic carbocycles. The summed E-state index contributed by atoms with van der Waals surface area (Å²) in [4.78, 5) is 20.1. The maximum atomic E-state index is 12.9. The highest BCUT2D eigenvalue weighted by atomic mass is 19.4. The number of rotatable bonds is 3. The lowest BCUT2D eigenvalue weighted by molar-refractivity contribution is -0.384. The topological polar surface area (TPSA) is 95.3 Å². The smallest absolute Gasteiger partial charge is 0.416 e. The third kappa shape index (κ3) is 2.81. The Kier molecular flexibility index (Phi) is 3.28. The number of carbonyl (C=O) groups excluding carboxylic acids is 1. The maximum Gasteiger partial charge on any atom is 0.416 e. The van der Waals surface area contributed by atoms with Gasteiger partial charge in [0.2, 0.25) is 0 Å². The lowest BCUT2D eigenvalue weighted by atomic mass is 10.0. The molecule has 1 amide bonds. The molecular formula is C11H8F3N2O4-. The van der Waals surface area contributed by atoms with Crippen molar-refractivity contribution in [1.29, 1.82) is 0 Å². The Labute approximate surface area is 110 Å². The average molecular weight is 289 g/mol. The van der Waals surface area contributed by atoms with Gasteiger partial charge >= 0.3 is 6.18 Å². The van der Waals surface area contributed by atoms with Gasteiger partial charge in [0.15, 0.2) is 0 Å². The second-order valence-corrected chi connectivity index (χ2v) is 4.40. The van der Waals surface area contributed by atoms with Crippen molar-refractivity contribution in [2.24, 2.45) is 0 Å². The van der Waals surface area contributed by atoms with Gasteiger partial charge in [0.25, 0.3) is 5.69 Å². The van der Waals surface area contributed by atoms with Crippen LogP contribution in [0, 0.1) is 10.1 Å². The summed E-state index contributed by atoms with van der Waals surface area (Å²) < 4.78 is 38.7. The number of nitrogens with one attached hydrogen (secondary N) is 1. The molecule has 1 N–H and O–H groups in total. The number of amides is 1. The zero-order chi connectivity index (χ0) is 15.1. The third-order valence-corrected chi connectivity index (χ3v) is 2.92. The molecule has 1 fully saturated rings. The van der Waals surface area contributed by atoms with E-state index in [9.17, 15) is 33.2 Å². The number of carbonyl (C=O) groups is 1. The highest BCUT2D eigenvalue weighted by molar-refractivity contribution is 5.85. The molecule has 0 aromatic heterocycles. The summed E-state index contributed by atoms with van der Waals surface area (Å²) in [5, 5.41) is 22.9. The Morgan fingerprint density at radius 2 is 1.95 bits per heavy atom. The highest BCUT2D eigenvalue weighted by Gasteiger charge is 2.40. The van der Waals surface area contributed by atoms with E-state index < -0.39 is 34.1 Å². The van der Waals surface area contributed by atoms with Crippen molar-refractivity contribution in [1.82, 2.24) is 0 Å². The number of halogens is 3. The van der Waals surface area contributed by atoms with E-state index in [1.807, 2.05) is 0 Å². The lowest BCUT2D eigenvalue weighted by Crippen LogP contribution is -2.29. The van der Waals surface area contributed by atoms with E-state index in [1.54, 1.807) is 5.32 Å². The lowest BCUT2D eigenvalue weighted by Gasteiger charge is -2.15. The third-order valence-electron chi connectivity index (χ3n) is 2.92. The first-order valence-corrected chi connectivity index (χ1v) is 5.57. The number of anilines is 1. The number of nitro benzene ring substituents is 1. The minimum Gasteiger partial charge on any atom is -0.530 e. The van der Waals surface area contributed by atoms with Crippen molar-refractivity contribution < 1.29 is 28.0 Å². The molecule has 1 aliphatic rings. The number of nitro groups is 1. The maximum absolute atomic E-state index is 12.9. The molecule has 20 heavy (non-hydrogen) atoms. The Hall–Kier alpha value is -2.32. The summed E-state index contributed by atoms with van der Waals surface area (Å²) >= 11 is 0. The van der Waals surface area contributed by atoms with Crippen molar-refractivity contribution in [3.05, 3.63) is 33.4 Å². The van der Waals surface area contributed by atoms with E-state index in [1.165, 1.54) is 0 Å². The molecule has 108 valence electrons. The summed E-state index contributed by atoms with van der Waals surface area (Å²) in [5.41, 5.74) is -2.70. The van der Waals surface area contributed by atoms with Crippen LogP contribution >= 0.6 is 0 Å². The molecule has 1 saturated carbocycles. The average Bonchev–Trinajstić information content (AvgIpc) is 3.09. The minimum atomic E-state index is -4.73. The van der Waals surface area contributed by atoms with Crippen LogP contribution in [0.2, 0.25) is 0 Å². The van der Waals surface area contributed by atoms with Crippen molar-refractivity contribution in [2.75, 3.05) is 5.32 Å². The summed E-state index contributed by atoms with van der Waals surface area (Å²) in [6.07, 6.45) is -5.49. The van der Waals surface area contributed by atoms with Crippen molar-refractivity contribution in [2.45, 2.75) is 24.9 Å². The fourth-order valence-corrected chi connectivity index (χ4v) is 1.94. The van der Waals surface area contributed by atoms with Gasteiger partial charge in [0.05, 0.1) is 10.5 Å². The second-order valence-electron chi connectivity index (χ2n) is 4.40. The van der Waals surface area contributed by atoms with E-state index in [4.69, 9.17) is 0 Å². The molecule has 0 aliphatic heterocycles. The largest absolute Gasteiger partial charge is 0.530 e. The van der Waals surface area contributed by atoms with Gasteiger partial charge in [0.1, 0.15) is 11.8 Å². The van der Waals surface area contributed by atoms with Crippen LogP contribution in [0.15, 0.2) is 12.1 Å². The SMILES string of the molecule is O=C([O-])Nc1cc(C2CC2)c(C(F)(F)F)cc1[N+](=O)[O-]. The molecule has 0 atom stereocenters. The quantitative estimate of drug-likeness (QED) is 0.681. The molecule has 1 aromatic carbocycles. The summed E-state index contributed by atoms with van der Waals surface area (Å²) in [7, 11) is 0. The molecule has 0 heterocycles. The Morgan fingerprint density at radius 3 is 2.35 bits per heavy atom. The van der Waals surface area contributed by atoms with E-state index in [0.717, 1.165) is 6.07 Å². The van der Waals surface area contributed by atoms with Crippen LogP contribution < -0.4 is 10.4 Å². The van der Waals surface area contributed by atoms with Crippen LogP contribution in [0.4, 0.5) is 29.3 Å². The molecule has 0 bridgehead atoms. The molecule has 0 radical (unpaired) electrons. The fourth-order valence-electron chi connectivity index (χ4n) is 1.94. The van der Waals surface area contributed by atoms with Gasteiger partial charge in [-0.2, -0.15) is 13.2 Å². The van der Waals surface area contributed by atoms with Crippen molar-refractivity contribution in [3.63, 3.8) is 0 Å².